The minimum Gasteiger partial charge on any atom is -0.383 e. The van der Waals surface area contributed by atoms with Crippen LogP contribution in [0.25, 0.3) is 0 Å². The highest BCUT2D eigenvalue weighted by molar-refractivity contribution is 4.73. The van der Waals surface area contributed by atoms with Crippen LogP contribution >= 0.6 is 0 Å². The van der Waals surface area contributed by atoms with E-state index in [1.54, 1.807) is 7.11 Å². The van der Waals surface area contributed by atoms with Gasteiger partial charge < -0.3 is 19.7 Å². The van der Waals surface area contributed by atoms with E-state index in [0.29, 0.717) is 12.1 Å². The van der Waals surface area contributed by atoms with Gasteiger partial charge in [0.15, 0.2) is 0 Å². The lowest BCUT2D eigenvalue weighted by atomic mass is 10.1. The van der Waals surface area contributed by atoms with Gasteiger partial charge in [-0.05, 0) is 19.8 Å². The van der Waals surface area contributed by atoms with Crippen molar-refractivity contribution in [2.75, 3.05) is 47.0 Å². The van der Waals surface area contributed by atoms with Crippen LogP contribution in [-0.2, 0) is 9.47 Å². The fraction of sp³-hybridized carbons (Fsp3) is 1.00. The maximum atomic E-state index is 5.36. The third-order valence-electron chi connectivity index (χ3n) is 3.21. The van der Waals surface area contributed by atoms with Crippen LogP contribution < -0.4 is 5.32 Å². The van der Waals surface area contributed by atoms with Gasteiger partial charge in [-0.2, -0.15) is 0 Å². The normalized spacial score (nSPS) is 21.2. The van der Waals surface area contributed by atoms with Gasteiger partial charge in [0.05, 0.1) is 12.7 Å². The van der Waals surface area contributed by atoms with Gasteiger partial charge in [0, 0.05) is 46.4 Å². The summed E-state index contributed by atoms with van der Waals surface area (Å²) >= 11 is 0. The molecule has 0 aromatic carbocycles. The lowest BCUT2D eigenvalue weighted by Gasteiger charge is -2.31. The van der Waals surface area contributed by atoms with E-state index in [2.05, 4.69) is 17.1 Å². The van der Waals surface area contributed by atoms with Crippen molar-refractivity contribution in [2.45, 2.75) is 31.9 Å². The Balaban J connectivity index is 2.02. The number of piperidine rings is 1. The summed E-state index contributed by atoms with van der Waals surface area (Å²) in [5.74, 6) is 0. The number of methoxy groups -OCH3 is 2. The average molecular weight is 230 g/mol. The molecule has 16 heavy (non-hydrogen) atoms. The molecule has 0 aromatic heterocycles. The Morgan fingerprint density at radius 3 is 2.56 bits per heavy atom. The second-order valence-corrected chi connectivity index (χ2v) is 4.59. The molecule has 1 fully saturated rings. The van der Waals surface area contributed by atoms with E-state index in [1.807, 2.05) is 7.11 Å². The molecule has 0 saturated carbocycles. The zero-order chi connectivity index (χ0) is 11.8. The zero-order valence-electron chi connectivity index (χ0n) is 10.9. The van der Waals surface area contributed by atoms with E-state index in [4.69, 9.17) is 9.47 Å². The highest BCUT2D eigenvalue weighted by Crippen LogP contribution is 2.11. The topological polar surface area (TPSA) is 33.7 Å². The molecule has 4 nitrogen and oxygen atoms in total. The molecule has 4 heteroatoms. The number of nitrogens with zero attached hydrogens (tertiary/aromatic N) is 1. The molecule has 0 radical (unpaired) electrons. The molecule has 0 amide bonds. The Labute approximate surface area is 99.3 Å². The predicted molar refractivity (Wildman–Crippen MR) is 65.8 cm³/mol. The molecule has 1 aliphatic rings. The molecule has 1 aliphatic heterocycles. The molecule has 1 atom stereocenters. The minimum atomic E-state index is 0.446. The molecule has 0 aromatic rings. The van der Waals surface area contributed by atoms with Crippen molar-refractivity contribution in [2.24, 2.45) is 0 Å². The van der Waals surface area contributed by atoms with Crippen LogP contribution in [0.1, 0.15) is 19.8 Å². The molecule has 1 rings (SSSR count). The van der Waals surface area contributed by atoms with Gasteiger partial charge in [-0.1, -0.05) is 0 Å². The largest absolute Gasteiger partial charge is 0.383 e. The van der Waals surface area contributed by atoms with Crippen molar-refractivity contribution in [3.63, 3.8) is 0 Å². The molecular formula is C12H26N2O2. The first-order valence-corrected chi connectivity index (χ1v) is 6.23. The van der Waals surface area contributed by atoms with Crippen LogP contribution in [0.3, 0.4) is 0 Å². The maximum absolute atomic E-state index is 5.36. The predicted octanol–water partition coefficient (Wildman–Crippen LogP) is 0.722. The summed E-state index contributed by atoms with van der Waals surface area (Å²) in [6, 6.07) is 0.446. The summed E-state index contributed by atoms with van der Waals surface area (Å²) in [6.45, 7) is 7.44. The third kappa shape index (κ3) is 5.25. The molecule has 0 spiro atoms. The number of hydrogen-bond donors (Lipinski definition) is 1. The van der Waals surface area contributed by atoms with Crippen LogP contribution in [0.5, 0.6) is 0 Å². The molecule has 1 unspecified atom stereocenters. The lowest BCUT2D eigenvalue weighted by molar-refractivity contribution is 0.0411. The minimum absolute atomic E-state index is 0.446. The van der Waals surface area contributed by atoms with Crippen molar-refractivity contribution in [1.29, 1.82) is 0 Å². The Morgan fingerprint density at radius 2 is 2.00 bits per heavy atom. The maximum Gasteiger partial charge on any atom is 0.0613 e. The van der Waals surface area contributed by atoms with Gasteiger partial charge in [0.25, 0.3) is 0 Å². The van der Waals surface area contributed by atoms with E-state index in [0.717, 1.165) is 19.7 Å². The Morgan fingerprint density at radius 1 is 1.31 bits per heavy atom. The number of nitrogens with one attached hydrogen (secondary N) is 1. The number of hydrogen-bond acceptors (Lipinski definition) is 4. The first-order chi connectivity index (χ1) is 7.76. The van der Waals surface area contributed by atoms with E-state index < -0.39 is 0 Å². The molecule has 1 saturated heterocycles. The first-order valence-electron chi connectivity index (χ1n) is 6.23. The molecule has 0 aliphatic carbocycles. The van der Waals surface area contributed by atoms with Gasteiger partial charge >= 0.3 is 0 Å². The van der Waals surface area contributed by atoms with Gasteiger partial charge in [0.2, 0.25) is 0 Å². The molecule has 0 bridgehead atoms. The first kappa shape index (κ1) is 13.9. The summed E-state index contributed by atoms with van der Waals surface area (Å²) in [5.41, 5.74) is 0. The number of rotatable bonds is 7. The van der Waals surface area contributed by atoms with Crippen LogP contribution in [0.2, 0.25) is 0 Å². The van der Waals surface area contributed by atoms with Gasteiger partial charge in [-0.15, -0.1) is 0 Å². The third-order valence-corrected chi connectivity index (χ3v) is 3.21. The van der Waals surface area contributed by atoms with E-state index in [1.165, 1.54) is 25.9 Å². The number of ether oxygens (including phenoxy) is 2. The smallest absolute Gasteiger partial charge is 0.0613 e. The second-order valence-electron chi connectivity index (χ2n) is 4.59. The monoisotopic (exact) mass is 230 g/mol. The SMILES string of the molecule is COCC(C)NCCN1CCC(OC)CC1. The Kier molecular flexibility index (Phi) is 6.96. The summed E-state index contributed by atoms with van der Waals surface area (Å²) < 4.78 is 10.4. The highest BCUT2D eigenvalue weighted by atomic mass is 16.5. The van der Waals surface area contributed by atoms with Gasteiger partial charge in [-0.25, -0.2) is 0 Å². The summed E-state index contributed by atoms with van der Waals surface area (Å²) in [6.07, 6.45) is 2.82. The molecule has 1 N–H and O–H groups in total. The van der Waals surface area contributed by atoms with Crippen molar-refractivity contribution < 1.29 is 9.47 Å². The van der Waals surface area contributed by atoms with Gasteiger partial charge in [-0.3, -0.25) is 0 Å². The van der Waals surface area contributed by atoms with Crippen molar-refractivity contribution in [3.8, 4) is 0 Å². The molecule has 1 heterocycles. The summed E-state index contributed by atoms with van der Waals surface area (Å²) in [5, 5.41) is 3.46. The molecule has 96 valence electrons. The van der Waals surface area contributed by atoms with Crippen molar-refractivity contribution in [3.05, 3.63) is 0 Å². The van der Waals surface area contributed by atoms with E-state index in [-0.39, 0.29) is 0 Å². The van der Waals surface area contributed by atoms with E-state index >= 15 is 0 Å². The Bertz CT molecular complexity index is 170. The quantitative estimate of drug-likeness (QED) is 0.699. The van der Waals surface area contributed by atoms with Crippen LogP contribution in [-0.4, -0.2) is 64.1 Å². The Hall–Kier alpha value is -0.160. The summed E-state index contributed by atoms with van der Waals surface area (Å²) in [4.78, 5) is 2.50. The van der Waals surface area contributed by atoms with Crippen molar-refractivity contribution >= 4 is 0 Å². The summed E-state index contributed by atoms with van der Waals surface area (Å²) in [7, 11) is 3.56. The van der Waals surface area contributed by atoms with Crippen molar-refractivity contribution in [1.82, 2.24) is 10.2 Å². The fourth-order valence-corrected chi connectivity index (χ4v) is 2.15. The number of likely N-dealkylation sites (tertiary alicyclic amines) is 1. The molecular weight excluding hydrogens is 204 g/mol. The van der Waals surface area contributed by atoms with Crippen LogP contribution in [0, 0.1) is 0 Å². The average Bonchev–Trinajstić information content (AvgIpc) is 2.30. The van der Waals surface area contributed by atoms with Crippen LogP contribution in [0.15, 0.2) is 0 Å². The standard InChI is InChI=1S/C12H26N2O2/c1-11(10-15-2)13-6-9-14-7-4-12(16-3)5-8-14/h11-13H,4-10H2,1-3H3. The second kappa shape index (κ2) is 8.01. The van der Waals surface area contributed by atoms with Gasteiger partial charge in [0.1, 0.15) is 0 Å². The van der Waals surface area contributed by atoms with Crippen LogP contribution in [0.4, 0.5) is 0 Å². The van der Waals surface area contributed by atoms with E-state index in [9.17, 15) is 0 Å². The fourth-order valence-electron chi connectivity index (χ4n) is 2.15. The highest BCUT2D eigenvalue weighted by Gasteiger charge is 2.17. The zero-order valence-corrected chi connectivity index (χ0v) is 10.9. The lowest BCUT2D eigenvalue weighted by Crippen LogP contribution is -2.42.